The first kappa shape index (κ1) is 26.0. The SMILES string of the molecule is Cc1ccc(C(=O)N2CCc3c(C(=O)O)ccc(F)c3C2)c(-n2cc(C3CCN(S(C)(=O)=O)CC3)nn2)c1. The predicted octanol–water partition coefficient (Wildman–Crippen LogP) is 2.75. The van der Waals surface area contributed by atoms with E-state index in [1.807, 2.05) is 19.1 Å². The highest BCUT2D eigenvalue weighted by Gasteiger charge is 2.30. The Balaban J connectivity index is 1.40. The van der Waals surface area contributed by atoms with Crippen LogP contribution in [0.25, 0.3) is 5.69 Å². The summed E-state index contributed by atoms with van der Waals surface area (Å²) in [6.07, 6.45) is 4.48. The van der Waals surface area contributed by atoms with Gasteiger partial charge in [-0.15, -0.1) is 5.10 Å². The molecule has 3 aromatic rings. The maximum atomic E-state index is 14.6. The fourth-order valence-electron chi connectivity index (χ4n) is 5.26. The number of carboxylic acid groups (broad SMARTS) is 1. The van der Waals surface area contributed by atoms with Gasteiger partial charge in [0.05, 0.1) is 35.0 Å². The van der Waals surface area contributed by atoms with Crippen LogP contribution in [0.5, 0.6) is 0 Å². The number of aromatic carboxylic acids is 1. The van der Waals surface area contributed by atoms with E-state index in [1.54, 1.807) is 16.9 Å². The summed E-state index contributed by atoms with van der Waals surface area (Å²) in [7, 11) is -3.23. The zero-order valence-corrected chi connectivity index (χ0v) is 21.9. The lowest BCUT2D eigenvalue weighted by Crippen LogP contribution is -2.37. The molecule has 0 spiro atoms. The minimum atomic E-state index is -3.23. The first-order chi connectivity index (χ1) is 18.0. The number of rotatable bonds is 5. The molecule has 0 atom stereocenters. The van der Waals surface area contributed by atoms with Crippen LogP contribution in [0.3, 0.4) is 0 Å². The van der Waals surface area contributed by atoms with E-state index in [0.29, 0.717) is 42.7 Å². The summed E-state index contributed by atoms with van der Waals surface area (Å²) < 4.78 is 41.3. The van der Waals surface area contributed by atoms with E-state index in [4.69, 9.17) is 0 Å². The molecule has 1 N–H and O–H groups in total. The normalized spacial score (nSPS) is 16.9. The van der Waals surface area contributed by atoms with Crippen molar-refractivity contribution < 1.29 is 27.5 Å². The Morgan fingerprint density at radius 3 is 2.45 bits per heavy atom. The minimum absolute atomic E-state index is 0.0318. The van der Waals surface area contributed by atoms with Crippen LogP contribution in [-0.4, -0.2) is 75.5 Å². The average Bonchev–Trinajstić information content (AvgIpc) is 3.38. The number of carbonyl (C=O) groups is 2. The number of piperidine rings is 1. The van der Waals surface area contributed by atoms with Crippen molar-refractivity contribution >= 4 is 21.9 Å². The zero-order valence-electron chi connectivity index (χ0n) is 21.1. The number of sulfonamides is 1. The first-order valence-corrected chi connectivity index (χ1v) is 14.2. The molecule has 10 nitrogen and oxygen atoms in total. The van der Waals surface area contributed by atoms with Crippen LogP contribution in [0.15, 0.2) is 36.5 Å². The van der Waals surface area contributed by atoms with Gasteiger partial charge in [0.1, 0.15) is 5.82 Å². The number of hydrogen-bond acceptors (Lipinski definition) is 6. The molecule has 5 rings (SSSR count). The van der Waals surface area contributed by atoms with Gasteiger partial charge in [0, 0.05) is 37.7 Å². The van der Waals surface area contributed by atoms with Gasteiger partial charge in [-0.1, -0.05) is 11.3 Å². The van der Waals surface area contributed by atoms with Gasteiger partial charge in [-0.2, -0.15) is 0 Å². The van der Waals surface area contributed by atoms with Crippen molar-refractivity contribution in [2.24, 2.45) is 0 Å². The van der Waals surface area contributed by atoms with Gasteiger partial charge in [-0.25, -0.2) is 26.6 Å². The maximum absolute atomic E-state index is 14.6. The monoisotopic (exact) mass is 541 g/mol. The Bertz CT molecular complexity index is 1530. The molecular formula is C26H28FN5O5S. The fourth-order valence-corrected chi connectivity index (χ4v) is 6.13. The van der Waals surface area contributed by atoms with Crippen LogP contribution < -0.4 is 0 Å². The summed E-state index contributed by atoms with van der Waals surface area (Å²) in [5, 5.41) is 18.1. The van der Waals surface area contributed by atoms with Crippen LogP contribution in [0.2, 0.25) is 0 Å². The molecule has 0 aliphatic carbocycles. The molecule has 0 unspecified atom stereocenters. The quantitative estimate of drug-likeness (QED) is 0.526. The highest BCUT2D eigenvalue weighted by atomic mass is 32.2. The molecule has 1 fully saturated rings. The molecule has 2 aliphatic rings. The van der Waals surface area contributed by atoms with E-state index in [1.165, 1.54) is 21.5 Å². The van der Waals surface area contributed by atoms with E-state index in [-0.39, 0.29) is 42.5 Å². The fraction of sp³-hybridized carbons (Fsp3) is 0.385. The van der Waals surface area contributed by atoms with Crippen LogP contribution in [0.4, 0.5) is 4.39 Å². The molecule has 38 heavy (non-hydrogen) atoms. The summed E-state index contributed by atoms with van der Waals surface area (Å²) in [6, 6.07) is 7.75. The van der Waals surface area contributed by atoms with E-state index in [2.05, 4.69) is 10.3 Å². The molecule has 1 amide bonds. The Kier molecular flexibility index (Phi) is 6.78. The third-order valence-electron chi connectivity index (χ3n) is 7.36. The van der Waals surface area contributed by atoms with Crippen molar-refractivity contribution in [2.75, 3.05) is 25.9 Å². The number of hydrogen-bond donors (Lipinski definition) is 1. The Morgan fingerprint density at radius 1 is 1.05 bits per heavy atom. The van der Waals surface area contributed by atoms with E-state index >= 15 is 0 Å². The summed E-state index contributed by atoms with van der Waals surface area (Å²) in [5.41, 5.74) is 3.26. The Labute approximate surface area is 219 Å². The van der Waals surface area contributed by atoms with Gasteiger partial charge in [-0.05, 0) is 61.6 Å². The molecule has 0 saturated carbocycles. The van der Waals surface area contributed by atoms with Crippen molar-refractivity contribution in [2.45, 2.75) is 38.6 Å². The third-order valence-corrected chi connectivity index (χ3v) is 8.66. The number of carboxylic acids is 1. The van der Waals surface area contributed by atoms with E-state index < -0.39 is 21.8 Å². The highest BCUT2D eigenvalue weighted by molar-refractivity contribution is 7.88. The number of aromatic nitrogens is 3. The number of halogens is 1. The molecule has 0 radical (unpaired) electrons. The number of carbonyl (C=O) groups excluding carboxylic acids is 1. The van der Waals surface area contributed by atoms with Gasteiger partial charge in [0.15, 0.2) is 0 Å². The van der Waals surface area contributed by atoms with Gasteiger partial charge >= 0.3 is 5.97 Å². The molecule has 1 aromatic heterocycles. The second kappa shape index (κ2) is 9.91. The van der Waals surface area contributed by atoms with Gasteiger partial charge < -0.3 is 10.0 Å². The van der Waals surface area contributed by atoms with Crippen LogP contribution in [0.1, 0.15) is 61.9 Å². The topological polar surface area (TPSA) is 126 Å². The lowest BCUT2D eigenvalue weighted by molar-refractivity contribution is 0.0693. The van der Waals surface area contributed by atoms with Crippen molar-refractivity contribution in [1.29, 1.82) is 0 Å². The molecule has 0 bridgehead atoms. The molecule has 2 aromatic carbocycles. The van der Waals surface area contributed by atoms with Crippen LogP contribution >= 0.6 is 0 Å². The van der Waals surface area contributed by atoms with E-state index in [9.17, 15) is 27.5 Å². The second-order valence-corrected chi connectivity index (χ2v) is 11.9. The highest BCUT2D eigenvalue weighted by Crippen LogP contribution is 2.30. The molecule has 3 heterocycles. The molecule has 1 saturated heterocycles. The Hall–Kier alpha value is -3.64. The number of nitrogens with zero attached hydrogens (tertiary/aromatic N) is 5. The van der Waals surface area contributed by atoms with Crippen LogP contribution in [-0.2, 0) is 23.0 Å². The van der Waals surface area contributed by atoms with Crippen molar-refractivity contribution in [3.05, 3.63) is 75.9 Å². The van der Waals surface area contributed by atoms with Crippen molar-refractivity contribution in [1.82, 2.24) is 24.2 Å². The first-order valence-electron chi connectivity index (χ1n) is 12.3. The zero-order chi connectivity index (χ0) is 27.2. The smallest absolute Gasteiger partial charge is 0.335 e. The van der Waals surface area contributed by atoms with Crippen molar-refractivity contribution in [3.63, 3.8) is 0 Å². The number of aryl methyl sites for hydroxylation is 1. The minimum Gasteiger partial charge on any atom is -0.478 e. The Morgan fingerprint density at radius 2 is 1.76 bits per heavy atom. The van der Waals surface area contributed by atoms with Gasteiger partial charge in [-0.3, -0.25) is 4.79 Å². The molecule has 12 heteroatoms. The molecule has 200 valence electrons. The average molecular weight is 542 g/mol. The number of fused-ring (bicyclic) bond motifs is 1. The predicted molar refractivity (Wildman–Crippen MR) is 136 cm³/mol. The second-order valence-electron chi connectivity index (χ2n) is 9.88. The third kappa shape index (κ3) is 4.93. The lowest BCUT2D eigenvalue weighted by Gasteiger charge is -2.30. The van der Waals surface area contributed by atoms with Gasteiger partial charge in [0.25, 0.3) is 5.91 Å². The molecular weight excluding hydrogens is 513 g/mol. The van der Waals surface area contributed by atoms with Crippen LogP contribution in [0, 0.1) is 12.7 Å². The van der Waals surface area contributed by atoms with E-state index in [0.717, 1.165) is 17.3 Å². The summed E-state index contributed by atoms with van der Waals surface area (Å²) in [4.78, 5) is 26.7. The van der Waals surface area contributed by atoms with Gasteiger partial charge in [0.2, 0.25) is 10.0 Å². The largest absolute Gasteiger partial charge is 0.478 e. The standard InChI is InChI=1S/C26H28FN5O5S/c1-16-3-4-20(25(33)30-10-9-18-19(26(34)35)5-6-22(27)21(18)14-30)24(13-16)32-15-23(28-29-32)17-7-11-31(12-8-17)38(2,36)37/h3-6,13,15,17H,7-12,14H2,1-2H3,(H,34,35). The summed E-state index contributed by atoms with van der Waals surface area (Å²) in [5.74, 6) is -1.92. The summed E-state index contributed by atoms with van der Waals surface area (Å²) in [6.45, 7) is 2.96. The van der Waals surface area contributed by atoms with Crippen molar-refractivity contribution in [3.8, 4) is 5.69 Å². The number of amides is 1. The lowest BCUT2D eigenvalue weighted by atomic mass is 9.93. The molecule has 2 aliphatic heterocycles. The maximum Gasteiger partial charge on any atom is 0.335 e. The summed E-state index contributed by atoms with van der Waals surface area (Å²) >= 11 is 0. The number of benzene rings is 2.